The third-order valence-electron chi connectivity index (χ3n) is 5.16. The molecule has 140 valence electrons. The zero-order valence-electron chi connectivity index (χ0n) is 16.6. The standard InChI is InChI=1S/C20H36O4/c1-8-9-10-17-16(13(2)3)11-12-20(17,18(21)23-14(4)5)19(22)24-15(6)7/h13-17H,8-12H2,1-7H3. The molecule has 0 aromatic carbocycles. The molecule has 0 N–H and O–H groups in total. The number of carbonyl (C=O) groups is 2. The molecule has 0 bridgehead atoms. The van der Waals surface area contributed by atoms with E-state index in [9.17, 15) is 9.59 Å². The van der Waals surface area contributed by atoms with Gasteiger partial charge < -0.3 is 9.47 Å². The summed E-state index contributed by atoms with van der Waals surface area (Å²) in [5, 5.41) is 0. The average molecular weight is 341 g/mol. The molecule has 1 aliphatic rings. The lowest BCUT2D eigenvalue weighted by Crippen LogP contribution is -2.47. The number of carbonyl (C=O) groups excluding carboxylic acids is 2. The predicted molar refractivity (Wildman–Crippen MR) is 95.5 cm³/mol. The lowest BCUT2D eigenvalue weighted by atomic mass is 9.70. The van der Waals surface area contributed by atoms with Gasteiger partial charge in [-0.3, -0.25) is 9.59 Å². The summed E-state index contributed by atoms with van der Waals surface area (Å²) in [5.41, 5.74) is -1.13. The number of unbranched alkanes of at least 4 members (excludes halogenated alkanes) is 1. The van der Waals surface area contributed by atoms with Crippen molar-refractivity contribution < 1.29 is 19.1 Å². The Morgan fingerprint density at radius 1 is 1.00 bits per heavy atom. The first kappa shape index (κ1) is 21.0. The van der Waals surface area contributed by atoms with Crippen LogP contribution in [0.1, 0.15) is 80.6 Å². The van der Waals surface area contributed by atoms with Crippen molar-refractivity contribution in [1.29, 1.82) is 0 Å². The van der Waals surface area contributed by atoms with Crippen LogP contribution in [-0.2, 0) is 19.1 Å². The maximum absolute atomic E-state index is 13.0. The highest BCUT2D eigenvalue weighted by Gasteiger charge is 2.61. The zero-order chi connectivity index (χ0) is 18.5. The largest absolute Gasteiger partial charge is 0.462 e. The van der Waals surface area contributed by atoms with Crippen LogP contribution in [0.4, 0.5) is 0 Å². The minimum Gasteiger partial charge on any atom is -0.462 e. The summed E-state index contributed by atoms with van der Waals surface area (Å²) in [5.74, 6) is 0.0400. The van der Waals surface area contributed by atoms with E-state index in [4.69, 9.17) is 9.47 Å². The molecular formula is C20H36O4. The van der Waals surface area contributed by atoms with Gasteiger partial charge in [0.1, 0.15) is 0 Å². The van der Waals surface area contributed by atoms with Crippen LogP contribution in [0, 0.1) is 23.2 Å². The normalized spacial score (nSPS) is 23.1. The summed E-state index contributed by atoms with van der Waals surface area (Å²) in [6, 6.07) is 0. The Balaban J connectivity index is 3.26. The summed E-state index contributed by atoms with van der Waals surface area (Å²) in [6.07, 6.45) is 3.90. The van der Waals surface area contributed by atoms with Crippen LogP contribution in [0.5, 0.6) is 0 Å². The molecule has 1 aliphatic carbocycles. The van der Waals surface area contributed by atoms with Crippen molar-refractivity contribution in [2.24, 2.45) is 23.2 Å². The Hall–Kier alpha value is -1.06. The second kappa shape index (κ2) is 8.87. The van der Waals surface area contributed by atoms with E-state index in [1.165, 1.54) is 0 Å². The summed E-state index contributed by atoms with van der Waals surface area (Å²) >= 11 is 0. The van der Waals surface area contributed by atoms with Gasteiger partial charge in [-0.25, -0.2) is 0 Å². The molecule has 0 aromatic heterocycles. The number of esters is 2. The molecule has 2 unspecified atom stereocenters. The molecule has 0 amide bonds. The minimum atomic E-state index is -1.13. The molecule has 24 heavy (non-hydrogen) atoms. The van der Waals surface area contributed by atoms with Crippen molar-refractivity contribution in [1.82, 2.24) is 0 Å². The number of hydrogen-bond acceptors (Lipinski definition) is 4. The molecule has 1 saturated carbocycles. The fourth-order valence-corrected chi connectivity index (χ4v) is 4.06. The van der Waals surface area contributed by atoms with Gasteiger partial charge in [0.25, 0.3) is 0 Å². The van der Waals surface area contributed by atoms with Crippen LogP contribution in [0.3, 0.4) is 0 Å². The highest BCUT2D eigenvalue weighted by Crippen LogP contribution is 2.53. The second-order valence-corrected chi connectivity index (χ2v) is 8.07. The van der Waals surface area contributed by atoms with E-state index in [0.29, 0.717) is 18.3 Å². The lowest BCUT2D eigenvalue weighted by molar-refractivity contribution is -0.181. The van der Waals surface area contributed by atoms with Crippen LogP contribution in [0.15, 0.2) is 0 Å². The first-order valence-electron chi connectivity index (χ1n) is 9.58. The van der Waals surface area contributed by atoms with Crippen LogP contribution in [-0.4, -0.2) is 24.1 Å². The van der Waals surface area contributed by atoms with Gasteiger partial charge in [-0.05, 0) is 64.7 Å². The van der Waals surface area contributed by atoms with Gasteiger partial charge in [-0.2, -0.15) is 0 Å². The van der Waals surface area contributed by atoms with Gasteiger partial charge in [-0.15, -0.1) is 0 Å². The highest BCUT2D eigenvalue weighted by molar-refractivity contribution is 6.01. The first-order chi connectivity index (χ1) is 11.2. The molecule has 1 rings (SSSR count). The van der Waals surface area contributed by atoms with E-state index < -0.39 is 5.41 Å². The number of hydrogen-bond donors (Lipinski definition) is 0. The molecule has 0 aromatic rings. The minimum absolute atomic E-state index is 0.00921. The van der Waals surface area contributed by atoms with E-state index >= 15 is 0 Å². The summed E-state index contributed by atoms with van der Waals surface area (Å²) < 4.78 is 11.1. The van der Waals surface area contributed by atoms with Crippen molar-refractivity contribution >= 4 is 11.9 Å². The summed E-state index contributed by atoms with van der Waals surface area (Å²) in [4.78, 5) is 26.0. The van der Waals surface area contributed by atoms with Crippen LogP contribution in [0.2, 0.25) is 0 Å². The molecule has 0 aliphatic heterocycles. The van der Waals surface area contributed by atoms with Gasteiger partial charge in [-0.1, -0.05) is 33.6 Å². The molecule has 0 saturated heterocycles. The van der Waals surface area contributed by atoms with Crippen molar-refractivity contribution in [2.45, 2.75) is 92.8 Å². The van der Waals surface area contributed by atoms with Gasteiger partial charge in [0.05, 0.1) is 12.2 Å². The Kier molecular flexibility index (Phi) is 7.75. The molecule has 2 atom stereocenters. The second-order valence-electron chi connectivity index (χ2n) is 8.07. The fraction of sp³-hybridized carbons (Fsp3) is 0.900. The van der Waals surface area contributed by atoms with Crippen molar-refractivity contribution in [3.05, 3.63) is 0 Å². The molecule has 1 fully saturated rings. The van der Waals surface area contributed by atoms with Crippen molar-refractivity contribution in [3.63, 3.8) is 0 Å². The quantitative estimate of drug-likeness (QED) is 0.473. The Labute approximate surface area is 147 Å². The van der Waals surface area contributed by atoms with Crippen LogP contribution in [0.25, 0.3) is 0 Å². The lowest BCUT2D eigenvalue weighted by Gasteiger charge is -2.35. The van der Waals surface area contributed by atoms with E-state index in [0.717, 1.165) is 25.7 Å². The monoisotopic (exact) mass is 340 g/mol. The SMILES string of the molecule is CCCCC1C(C(C)C)CCC1(C(=O)OC(C)C)C(=O)OC(C)C. The van der Waals surface area contributed by atoms with Crippen LogP contribution >= 0.6 is 0 Å². The Morgan fingerprint density at radius 3 is 1.88 bits per heavy atom. The Bertz CT molecular complexity index is 403. The molecule has 0 heterocycles. The van der Waals surface area contributed by atoms with E-state index in [-0.39, 0.29) is 30.1 Å². The Morgan fingerprint density at radius 2 is 1.50 bits per heavy atom. The zero-order valence-corrected chi connectivity index (χ0v) is 16.6. The number of rotatable bonds is 8. The first-order valence-corrected chi connectivity index (χ1v) is 9.58. The third-order valence-corrected chi connectivity index (χ3v) is 5.16. The van der Waals surface area contributed by atoms with Crippen LogP contribution < -0.4 is 0 Å². The molecule has 0 spiro atoms. The van der Waals surface area contributed by atoms with Gasteiger partial charge in [0.2, 0.25) is 0 Å². The van der Waals surface area contributed by atoms with Gasteiger partial charge in [0.15, 0.2) is 5.41 Å². The summed E-state index contributed by atoms with van der Waals surface area (Å²) in [7, 11) is 0. The van der Waals surface area contributed by atoms with Gasteiger partial charge in [0, 0.05) is 0 Å². The average Bonchev–Trinajstić information content (AvgIpc) is 2.84. The topological polar surface area (TPSA) is 52.6 Å². The molecule has 4 nitrogen and oxygen atoms in total. The van der Waals surface area contributed by atoms with Gasteiger partial charge >= 0.3 is 11.9 Å². The third kappa shape index (κ3) is 4.52. The maximum atomic E-state index is 13.0. The number of ether oxygens (including phenoxy) is 2. The molecular weight excluding hydrogens is 304 g/mol. The fourth-order valence-electron chi connectivity index (χ4n) is 4.06. The molecule has 0 radical (unpaired) electrons. The highest BCUT2D eigenvalue weighted by atomic mass is 16.6. The van der Waals surface area contributed by atoms with Crippen molar-refractivity contribution in [2.75, 3.05) is 0 Å². The van der Waals surface area contributed by atoms with Crippen molar-refractivity contribution in [3.8, 4) is 0 Å². The summed E-state index contributed by atoms with van der Waals surface area (Å²) in [6.45, 7) is 13.8. The van der Waals surface area contributed by atoms with E-state index in [1.807, 2.05) is 27.7 Å². The smallest absolute Gasteiger partial charge is 0.324 e. The van der Waals surface area contributed by atoms with E-state index in [1.54, 1.807) is 0 Å². The van der Waals surface area contributed by atoms with E-state index in [2.05, 4.69) is 20.8 Å². The molecule has 4 heteroatoms. The maximum Gasteiger partial charge on any atom is 0.324 e. The predicted octanol–water partition coefficient (Wildman–Crippen LogP) is 4.75.